The largest absolute Gasteiger partial charge is 0.449 e. The summed E-state index contributed by atoms with van der Waals surface area (Å²) in [6.45, 7) is 3.37. The molecule has 0 aliphatic heterocycles. The Morgan fingerprint density at radius 2 is 1.93 bits per heavy atom. The van der Waals surface area contributed by atoms with Crippen LogP contribution in [0.15, 0.2) is 60.9 Å². The van der Waals surface area contributed by atoms with Crippen molar-refractivity contribution in [2.24, 2.45) is 0 Å². The van der Waals surface area contributed by atoms with Crippen LogP contribution >= 0.6 is 11.6 Å². The number of nitrogens with one attached hydrogen (secondary N) is 1. The second kappa shape index (κ2) is 8.05. The lowest BCUT2D eigenvalue weighted by Crippen LogP contribution is -2.30. The number of aryl methyl sites for hydroxylation is 1. The van der Waals surface area contributed by atoms with E-state index < -0.39 is 18.0 Å². The molecule has 0 aliphatic carbocycles. The first-order valence-corrected chi connectivity index (χ1v) is 8.70. The number of carbonyl (C=O) groups excluding carboxylic acids is 2. The zero-order valence-electron chi connectivity index (χ0n) is 14.8. The summed E-state index contributed by atoms with van der Waals surface area (Å²) in [6.07, 6.45) is 2.52. The molecule has 0 spiro atoms. The van der Waals surface area contributed by atoms with Crippen molar-refractivity contribution in [1.82, 2.24) is 9.78 Å². The molecule has 0 saturated heterocycles. The van der Waals surface area contributed by atoms with Crippen molar-refractivity contribution in [3.63, 3.8) is 0 Å². The number of nitrogens with zero attached hydrogens (tertiary/aromatic N) is 2. The Hall–Kier alpha value is -3.12. The molecule has 3 aromatic rings. The van der Waals surface area contributed by atoms with Crippen LogP contribution in [0.25, 0.3) is 5.69 Å². The molecule has 138 valence electrons. The minimum absolute atomic E-state index is 0.351. The molecule has 1 aromatic heterocycles. The molecule has 0 aliphatic rings. The van der Waals surface area contributed by atoms with E-state index in [0.717, 1.165) is 11.3 Å². The Labute approximate surface area is 161 Å². The van der Waals surface area contributed by atoms with Crippen molar-refractivity contribution in [2.75, 3.05) is 5.32 Å². The molecule has 1 heterocycles. The van der Waals surface area contributed by atoms with Gasteiger partial charge in [0.25, 0.3) is 5.91 Å². The molecule has 6 nitrogen and oxygen atoms in total. The molecular weight excluding hydrogens is 366 g/mol. The fourth-order valence-electron chi connectivity index (χ4n) is 2.42. The number of anilines is 1. The highest BCUT2D eigenvalue weighted by atomic mass is 35.5. The topological polar surface area (TPSA) is 73.2 Å². The quantitative estimate of drug-likeness (QED) is 0.675. The number of aromatic nitrogens is 2. The third-order valence-corrected chi connectivity index (χ3v) is 4.22. The molecule has 1 amide bonds. The fraction of sp³-hybridized carbons (Fsp3) is 0.150. The van der Waals surface area contributed by atoms with Gasteiger partial charge in [0.2, 0.25) is 0 Å². The van der Waals surface area contributed by atoms with Gasteiger partial charge in [0.1, 0.15) is 0 Å². The lowest BCUT2D eigenvalue weighted by Gasteiger charge is -2.15. The average molecular weight is 384 g/mol. The average Bonchev–Trinajstić information content (AvgIpc) is 3.19. The van der Waals surface area contributed by atoms with Crippen molar-refractivity contribution >= 4 is 29.2 Å². The number of esters is 1. The molecule has 1 N–H and O–H groups in total. The van der Waals surface area contributed by atoms with Crippen molar-refractivity contribution in [3.05, 3.63) is 77.1 Å². The van der Waals surface area contributed by atoms with Crippen LogP contribution in [0.3, 0.4) is 0 Å². The minimum Gasteiger partial charge on any atom is -0.449 e. The number of hydrogen-bond donors (Lipinski definition) is 1. The molecule has 1 atom stereocenters. The standard InChI is InChI=1S/C20H18ClN3O3/c1-13-4-7-16(21)12-18(13)23-19(25)14(2)27-20(26)15-5-8-17(9-6-15)24-11-3-10-22-24/h3-12,14H,1-2H3,(H,23,25)/t14-/m0/s1. The van der Waals surface area contributed by atoms with E-state index in [0.29, 0.717) is 16.3 Å². The highest BCUT2D eigenvalue weighted by Gasteiger charge is 2.19. The fourth-order valence-corrected chi connectivity index (χ4v) is 2.59. The molecule has 27 heavy (non-hydrogen) atoms. The van der Waals surface area contributed by atoms with Gasteiger partial charge in [-0.25, -0.2) is 9.48 Å². The molecule has 3 rings (SSSR count). The second-order valence-electron chi connectivity index (χ2n) is 5.99. The van der Waals surface area contributed by atoms with E-state index in [2.05, 4.69) is 10.4 Å². The molecule has 0 radical (unpaired) electrons. The molecule has 0 fully saturated rings. The van der Waals surface area contributed by atoms with E-state index in [1.165, 1.54) is 6.92 Å². The smallest absolute Gasteiger partial charge is 0.338 e. The third-order valence-electron chi connectivity index (χ3n) is 3.98. The summed E-state index contributed by atoms with van der Waals surface area (Å²) < 4.78 is 6.94. The van der Waals surface area contributed by atoms with Crippen LogP contribution in [0.2, 0.25) is 5.02 Å². The third kappa shape index (κ3) is 4.54. The van der Waals surface area contributed by atoms with E-state index in [9.17, 15) is 9.59 Å². The Balaban J connectivity index is 1.63. The van der Waals surface area contributed by atoms with Gasteiger partial charge in [-0.05, 0) is 61.9 Å². The van der Waals surface area contributed by atoms with E-state index in [1.54, 1.807) is 59.5 Å². The van der Waals surface area contributed by atoms with Crippen molar-refractivity contribution in [3.8, 4) is 5.69 Å². The maximum absolute atomic E-state index is 12.3. The van der Waals surface area contributed by atoms with Gasteiger partial charge in [-0.2, -0.15) is 5.10 Å². The van der Waals surface area contributed by atoms with Crippen LogP contribution in [0.4, 0.5) is 5.69 Å². The summed E-state index contributed by atoms with van der Waals surface area (Å²) in [6, 6.07) is 13.8. The number of amides is 1. The van der Waals surface area contributed by atoms with Gasteiger partial charge in [-0.1, -0.05) is 17.7 Å². The molecule has 0 unspecified atom stereocenters. The SMILES string of the molecule is Cc1ccc(Cl)cc1NC(=O)[C@H](C)OC(=O)c1ccc(-n2cccn2)cc1. The van der Waals surface area contributed by atoms with E-state index >= 15 is 0 Å². The van der Waals surface area contributed by atoms with Crippen LogP contribution in [0.1, 0.15) is 22.8 Å². The normalized spacial score (nSPS) is 11.7. The van der Waals surface area contributed by atoms with E-state index in [4.69, 9.17) is 16.3 Å². The lowest BCUT2D eigenvalue weighted by atomic mass is 10.2. The maximum atomic E-state index is 12.3. The number of ether oxygens (including phenoxy) is 1. The molecule has 0 bridgehead atoms. The van der Waals surface area contributed by atoms with Crippen LogP contribution in [0.5, 0.6) is 0 Å². The Bertz CT molecular complexity index is 953. The van der Waals surface area contributed by atoms with Crippen LogP contribution < -0.4 is 5.32 Å². The first-order chi connectivity index (χ1) is 12.9. The van der Waals surface area contributed by atoms with Crippen LogP contribution in [-0.2, 0) is 9.53 Å². The summed E-state index contributed by atoms with van der Waals surface area (Å²) in [5.74, 6) is -1.01. The summed E-state index contributed by atoms with van der Waals surface area (Å²) in [5, 5.41) is 7.36. The van der Waals surface area contributed by atoms with Crippen molar-refractivity contribution in [1.29, 1.82) is 0 Å². The predicted octanol–water partition coefficient (Wildman–Crippen LogP) is 4.02. The summed E-state index contributed by atoms with van der Waals surface area (Å²) >= 11 is 5.95. The number of halogens is 1. The Morgan fingerprint density at radius 1 is 1.19 bits per heavy atom. The summed E-state index contributed by atoms with van der Waals surface area (Å²) in [4.78, 5) is 24.6. The second-order valence-corrected chi connectivity index (χ2v) is 6.43. The molecule has 2 aromatic carbocycles. The molecular formula is C20H18ClN3O3. The van der Waals surface area contributed by atoms with E-state index in [-0.39, 0.29) is 0 Å². The highest BCUT2D eigenvalue weighted by molar-refractivity contribution is 6.31. The summed E-state index contributed by atoms with van der Waals surface area (Å²) in [5.41, 5.74) is 2.61. The number of rotatable bonds is 5. The first-order valence-electron chi connectivity index (χ1n) is 8.32. The van der Waals surface area contributed by atoms with Crippen LogP contribution in [0, 0.1) is 6.92 Å². The zero-order chi connectivity index (χ0) is 19.4. The number of hydrogen-bond acceptors (Lipinski definition) is 4. The Kier molecular flexibility index (Phi) is 5.57. The molecule has 7 heteroatoms. The van der Waals surface area contributed by atoms with Gasteiger partial charge in [0.05, 0.1) is 11.3 Å². The number of benzene rings is 2. The summed E-state index contributed by atoms with van der Waals surface area (Å²) in [7, 11) is 0. The van der Waals surface area contributed by atoms with Gasteiger partial charge in [-0.3, -0.25) is 4.79 Å². The predicted molar refractivity (Wildman–Crippen MR) is 103 cm³/mol. The van der Waals surface area contributed by atoms with Gasteiger partial charge in [0.15, 0.2) is 6.10 Å². The Morgan fingerprint density at radius 3 is 2.59 bits per heavy atom. The van der Waals surface area contributed by atoms with Crippen molar-refractivity contribution < 1.29 is 14.3 Å². The first kappa shape index (κ1) is 18.7. The van der Waals surface area contributed by atoms with Crippen molar-refractivity contribution in [2.45, 2.75) is 20.0 Å². The maximum Gasteiger partial charge on any atom is 0.338 e. The number of carbonyl (C=O) groups is 2. The zero-order valence-corrected chi connectivity index (χ0v) is 15.6. The highest BCUT2D eigenvalue weighted by Crippen LogP contribution is 2.20. The van der Waals surface area contributed by atoms with E-state index in [1.807, 2.05) is 13.0 Å². The van der Waals surface area contributed by atoms with Gasteiger partial charge in [-0.15, -0.1) is 0 Å². The minimum atomic E-state index is -0.957. The van der Waals surface area contributed by atoms with Gasteiger partial charge in [0, 0.05) is 23.1 Å². The van der Waals surface area contributed by atoms with Gasteiger partial charge >= 0.3 is 5.97 Å². The van der Waals surface area contributed by atoms with Crippen LogP contribution in [-0.4, -0.2) is 27.8 Å². The monoisotopic (exact) mass is 383 g/mol. The van der Waals surface area contributed by atoms with Gasteiger partial charge < -0.3 is 10.1 Å². The molecule has 0 saturated carbocycles. The lowest BCUT2D eigenvalue weighted by molar-refractivity contribution is -0.123.